The maximum atomic E-state index is 12.3. The number of nitrogens with zero attached hydrogens (tertiary/aromatic N) is 1. The summed E-state index contributed by atoms with van der Waals surface area (Å²) in [5, 5.41) is 2.96. The van der Waals surface area contributed by atoms with Crippen LogP contribution in [0.5, 0.6) is 0 Å². The lowest BCUT2D eigenvalue weighted by molar-refractivity contribution is 0.194. The number of amides is 2. The molecule has 4 nitrogen and oxygen atoms in total. The molecule has 2 rings (SSSR count). The van der Waals surface area contributed by atoms with E-state index in [0.717, 1.165) is 17.8 Å². The van der Waals surface area contributed by atoms with E-state index in [1.54, 1.807) is 0 Å². The van der Waals surface area contributed by atoms with Crippen LogP contribution in [-0.2, 0) is 6.54 Å². The van der Waals surface area contributed by atoms with Crippen LogP contribution < -0.4 is 11.1 Å². The van der Waals surface area contributed by atoms with Gasteiger partial charge in [-0.1, -0.05) is 12.1 Å². The van der Waals surface area contributed by atoms with Crippen molar-refractivity contribution >= 4 is 11.7 Å². The van der Waals surface area contributed by atoms with Gasteiger partial charge in [-0.2, -0.15) is 0 Å². The van der Waals surface area contributed by atoms with Gasteiger partial charge in [-0.25, -0.2) is 4.79 Å². The highest BCUT2D eigenvalue weighted by Crippen LogP contribution is 2.30. The minimum atomic E-state index is -0.0175. The first kappa shape index (κ1) is 13.9. The number of rotatable bonds is 5. The fourth-order valence-electron chi connectivity index (χ4n) is 2.08. The van der Waals surface area contributed by atoms with E-state index in [1.807, 2.05) is 29.2 Å². The van der Waals surface area contributed by atoms with Crippen LogP contribution in [0.4, 0.5) is 10.5 Å². The smallest absolute Gasteiger partial charge is 0.322 e. The van der Waals surface area contributed by atoms with Gasteiger partial charge in [-0.05, 0) is 50.3 Å². The number of hydrogen-bond donors (Lipinski definition) is 2. The summed E-state index contributed by atoms with van der Waals surface area (Å²) < 4.78 is 0. The second kappa shape index (κ2) is 6.06. The highest BCUT2D eigenvalue weighted by atomic mass is 16.2. The molecule has 19 heavy (non-hydrogen) atoms. The average molecular weight is 261 g/mol. The third kappa shape index (κ3) is 3.96. The van der Waals surface area contributed by atoms with Crippen LogP contribution in [0.15, 0.2) is 24.3 Å². The van der Waals surface area contributed by atoms with E-state index in [2.05, 4.69) is 19.2 Å². The molecular formula is C15H23N3O. The minimum absolute atomic E-state index is 0.0175. The Morgan fingerprint density at radius 3 is 2.79 bits per heavy atom. The van der Waals surface area contributed by atoms with Gasteiger partial charge in [0.25, 0.3) is 0 Å². The monoisotopic (exact) mass is 261 g/mol. The Balaban J connectivity index is 2.00. The first-order valence-electron chi connectivity index (χ1n) is 6.96. The summed E-state index contributed by atoms with van der Waals surface area (Å²) >= 11 is 0. The maximum absolute atomic E-state index is 12.3. The lowest BCUT2D eigenvalue weighted by Crippen LogP contribution is -2.41. The standard InChI is InChI=1S/C15H23N3O/c1-11(2)18(10-12-6-7-12)15(19)17-14-5-3-4-13(8-14)9-16/h3-5,8,11-12H,6-7,9-10,16H2,1-2H3,(H,17,19). The fourth-order valence-corrected chi connectivity index (χ4v) is 2.08. The normalized spacial score (nSPS) is 14.5. The fraction of sp³-hybridized carbons (Fsp3) is 0.533. The molecule has 104 valence electrons. The molecule has 1 aromatic carbocycles. The van der Waals surface area contributed by atoms with Gasteiger partial charge in [0.15, 0.2) is 0 Å². The summed E-state index contributed by atoms with van der Waals surface area (Å²) in [7, 11) is 0. The predicted molar refractivity (Wildman–Crippen MR) is 77.9 cm³/mol. The largest absolute Gasteiger partial charge is 0.326 e. The van der Waals surface area contributed by atoms with Gasteiger partial charge in [0, 0.05) is 24.8 Å². The van der Waals surface area contributed by atoms with Gasteiger partial charge in [0.2, 0.25) is 0 Å². The average Bonchev–Trinajstić information content (AvgIpc) is 3.19. The summed E-state index contributed by atoms with van der Waals surface area (Å²) in [6.07, 6.45) is 2.50. The summed E-state index contributed by atoms with van der Waals surface area (Å²) in [6.45, 7) is 5.45. The zero-order valence-electron chi connectivity index (χ0n) is 11.7. The van der Waals surface area contributed by atoms with Crippen molar-refractivity contribution in [2.45, 2.75) is 39.3 Å². The quantitative estimate of drug-likeness (QED) is 0.856. The molecule has 4 heteroatoms. The molecule has 0 spiro atoms. The van der Waals surface area contributed by atoms with Gasteiger partial charge in [-0.15, -0.1) is 0 Å². The Kier molecular flexibility index (Phi) is 4.43. The van der Waals surface area contributed by atoms with E-state index in [0.29, 0.717) is 12.5 Å². The van der Waals surface area contributed by atoms with E-state index in [9.17, 15) is 4.79 Å². The van der Waals surface area contributed by atoms with Crippen molar-refractivity contribution in [3.05, 3.63) is 29.8 Å². The van der Waals surface area contributed by atoms with Crippen LogP contribution >= 0.6 is 0 Å². The molecule has 0 aliphatic heterocycles. The van der Waals surface area contributed by atoms with Gasteiger partial charge in [0.1, 0.15) is 0 Å². The summed E-state index contributed by atoms with van der Waals surface area (Å²) in [5.41, 5.74) is 7.45. The molecule has 0 heterocycles. The van der Waals surface area contributed by atoms with Crippen LogP contribution in [0.3, 0.4) is 0 Å². The molecule has 0 unspecified atom stereocenters. The van der Waals surface area contributed by atoms with Crippen molar-refractivity contribution < 1.29 is 4.79 Å². The van der Waals surface area contributed by atoms with Gasteiger partial charge >= 0.3 is 6.03 Å². The molecule has 0 saturated heterocycles. The minimum Gasteiger partial charge on any atom is -0.326 e. The molecule has 0 aromatic heterocycles. The van der Waals surface area contributed by atoms with Crippen LogP contribution in [-0.4, -0.2) is 23.5 Å². The molecule has 2 amide bonds. The Morgan fingerprint density at radius 2 is 2.21 bits per heavy atom. The zero-order chi connectivity index (χ0) is 13.8. The number of urea groups is 1. The van der Waals surface area contributed by atoms with Crippen LogP contribution in [0.1, 0.15) is 32.3 Å². The molecule has 1 aromatic rings. The van der Waals surface area contributed by atoms with E-state index < -0.39 is 0 Å². The van der Waals surface area contributed by atoms with E-state index in [4.69, 9.17) is 5.73 Å². The molecule has 1 aliphatic rings. The second-order valence-corrected chi connectivity index (χ2v) is 5.52. The SMILES string of the molecule is CC(C)N(CC1CC1)C(=O)Nc1cccc(CN)c1. The number of nitrogens with two attached hydrogens (primary N) is 1. The topological polar surface area (TPSA) is 58.4 Å². The van der Waals surface area contributed by atoms with Crippen molar-refractivity contribution in [3.8, 4) is 0 Å². The number of anilines is 1. The van der Waals surface area contributed by atoms with E-state index >= 15 is 0 Å². The number of hydrogen-bond acceptors (Lipinski definition) is 2. The molecule has 0 radical (unpaired) electrons. The maximum Gasteiger partial charge on any atom is 0.322 e. The number of carbonyl (C=O) groups excluding carboxylic acids is 1. The molecule has 1 aliphatic carbocycles. The van der Waals surface area contributed by atoms with Gasteiger partial charge in [-0.3, -0.25) is 0 Å². The Morgan fingerprint density at radius 1 is 1.47 bits per heavy atom. The van der Waals surface area contributed by atoms with Crippen molar-refractivity contribution in [2.75, 3.05) is 11.9 Å². The molecule has 0 bridgehead atoms. The molecular weight excluding hydrogens is 238 g/mol. The van der Waals surface area contributed by atoms with Crippen LogP contribution in [0.2, 0.25) is 0 Å². The number of nitrogens with one attached hydrogen (secondary N) is 1. The van der Waals surface area contributed by atoms with Crippen molar-refractivity contribution in [1.29, 1.82) is 0 Å². The van der Waals surface area contributed by atoms with Crippen molar-refractivity contribution in [2.24, 2.45) is 11.7 Å². The van der Waals surface area contributed by atoms with Gasteiger partial charge < -0.3 is 16.0 Å². The lowest BCUT2D eigenvalue weighted by Gasteiger charge is -2.27. The molecule has 1 fully saturated rings. The van der Waals surface area contributed by atoms with E-state index in [1.165, 1.54) is 12.8 Å². The third-order valence-corrected chi connectivity index (χ3v) is 3.45. The number of carbonyl (C=O) groups is 1. The third-order valence-electron chi connectivity index (χ3n) is 3.45. The van der Waals surface area contributed by atoms with Crippen molar-refractivity contribution in [3.63, 3.8) is 0 Å². The first-order chi connectivity index (χ1) is 9.10. The highest BCUT2D eigenvalue weighted by molar-refractivity contribution is 5.89. The first-order valence-corrected chi connectivity index (χ1v) is 6.96. The summed E-state index contributed by atoms with van der Waals surface area (Å²) in [5.74, 6) is 0.698. The lowest BCUT2D eigenvalue weighted by atomic mass is 10.2. The predicted octanol–water partition coefficient (Wildman–Crippen LogP) is 2.80. The Bertz CT molecular complexity index is 441. The summed E-state index contributed by atoms with van der Waals surface area (Å²) in [4.78, 5) is 14.2. The van der Waals surface area contributed by atoms with Crippen LogP contribution in [0, 0.1) is 5.92 Å². The second-order valence-electron chi connectivity index (χ2n) is 5.52. The summed E-state index contributed by atoms with van der Waals surface area (Å²) in [6, 6.07) is 7.90. The van der Waals surface area contributed by atoms with E-state index in [-0.39, 0.29) is 12.1 Å². The Labute approximate surface area is 115 Å². The Hall–Kier alpha value is -1.55. The zero-order valence-corrected chi connectivity index (χ0v) is 11.7. The van der Waals surface area contributed by atoms with Crippen molar-refractivity contribution in [1.82, 2.24) is 4.90 Å². The molecule has 1 saturated carbocycles. The molecule has 0 atom stereocenters. The molecule has 3 N–H and O–H groups in total. The van der Waals surface area contributed by atoms with Gasteiger partial charge in [0.05, 0.1) is 0 Å². The van der Waals surface area contributed by atoms with Crippen LogP contribution in [0.25, 0.3) is 0 Å². The number of benzene rings is 1. The highest BCUT2D eigenvalue weighted by Gasteiger charge is 2.28.